The van der Waals surface area contributed by atoms with Gasteiger partial charge in [-0.3, -0.25) is 4.79 Å². The Morgan fingerprint density at radius 3 is 2.52 bits per heavy atom. The first-order valence-electron chi connectivity index (χ1n) is 8.96. The van der Waals surface area contributed by atoms with Gasteiger partial charge in [-0.2, -0.15) is 4.31 Å². The minimum absolute atomic E-state index is 0.118. The lowest BCUT2D eigenvalue weighted by molar-refractivity contribution is -0.115. The van der Waals surface area contributed by atoms with E-state index < -0.39 is 10.0 Å². The second kappa shape index (κ2) is 8.06. The number of aryl methyl sites for hydroxylation is 1. The molecule has 1 aromatic carbocycles. The monoisotopic (exact) mass is 389 g/mol. The largest absolute Gasteiger partial charge is 0.354 e. The van der Waals surface area contributed by atoms with Crippen molar-refractivity contribution in [3.8, 4) is 0 Å². The lowest BCUT2D eigenvalue weighted by Gasteiger charge is -2.15. The molecule has 0 saturated carbocycles. The number of carbonyl (C=O) groups is 1. The maximum Gasteiger partial charge on any atom is 0.243 e. The molecule has 7 nitrogen and oxygen atoms in total. The van der Waals surface area contributed by atoms with Gasteiger partial charge in [-0.1, -0.05) is 30.3 Å². The predicted octanol–water partition coefficient (Wildman–Crippen LogP) is 3.29. The molecule has 1 N–H and O–H groups in total. The first kappa shape index (κ1) is 19.3. The van der Waals surface area contributed by atoms with Crippen LogP contribution in [-0.4, -0.2) is 36.9 Å². The van der Waals surface area contributed by atoms with E-state index in [0.717, 1.165) is 18.4 Å². The van der Waals surface area contributed by atoms with Crippen molar-refractivity contribution in [2.24, 2.45) is 0 Å². The first-order valence-corrected chi connectivity index (χ1v) is 10.4. The van der Waals surface area contributed by atoms with Crippen LogP contribution < -0.4 is 5.32 Å². The standard InChI is InChI=1S/C19H23N3O4S/c1-3-18(23)20-19-14(2)21-26-17(19)11-8-15-6-9-16(10-7-15)27(24,25)22-12-4-5-13-22/h6-11H,3-5,12-13H2,1-2H3,(H,20,23)/b11-8-. The highest BCUT2D eigenvalue weighted by atomic mass is 32.2. The van der Waals surface area contributed by atoms with Crippen LogP contribution in [0.4, 0.5) is 5.69 Å². The van der Waals surface area contributed by atoms with Crippen LogP contribution in [0.2, 0.25) is 0 Å². The molecule has 1 fully saturated rings. The van der Waals surface area contributed by atoms with Crippen molar-refractivity contribution in [1.29, 1.82) is 0 Å². The average Bonchev–Trinajstić information content (AvgIpc) is 3.32. The van der Waals surface area contributed by atoms with Crippen LogP contribution in [0.3, 0.4) is 0 Å². The van der Waals surface area contributed by atoms with E-state index in [1.165, 1.54) is 4.31 Å². The van der Waals surface area contributed by atoms with Crippen LogP contribution in [0.15, 0.2) is 33.7 Å². The van der Waals surface area contributed by atoms with E-state index in [9.17, 15) is 13.2 Å². The van der Waals surface area contributed by atoms with Gasteiger partial charge in [0, 0.05) is 19.5 Å². The second-order valence-electron chi connectivity index (χ2n) is 6.42. The third kappa shape index (κ3) is 4.28. The van der Waals surface area contributed by atoms with E-state index in [0.29, 0.717) is 41.5 Å². The van der Waals surface area contributed by atoms with E-state index in [2.05, 4.69) is 10.5 Å². The van der Waals surface area contributed by atoms with Gasteiger partial charge in [0.25, 0.3) is 0 Å². The minimum atomic E-state index is -3.41. The Labute approximate surface area is 159 Å². The van der Waals surface area contributed by atoms with E-state index in [4.69, 9.17) is 4.52 Å². The molecule has 2 heterocycles. The molecule has 1 amide bonds. The van der Waals surface area contributed by atoms with Gasteiger partial charge in [0.15, 0.2) is 5.76 Å². The number of amides is 1. The number of aromatic nitrogens is 1. The quantitative estimate of drug-likeness (QED) is 0.818. The number of hydrogen-bond donors (Lipinski definition) is 1. The zero-order valence-corrected chi connectivity index (χ0v) is 16.3. The van der Waals surface area contributed by atoms with Crippen LogP contribution in [0.25, 0.3) is 12.2 Å². The summed E-state index contributed by atoms with van der Waals surface area (Å²) in [4.78, 5) is 11.9. The Morgan fingerprint density at radius 2 is 1.89 bits per heavy atom. The fourth-order valence-corrected chi connectivity index (χ4v) is 4.40. The van der Waals surface area contributed by atoms with Crippen molar-refractivity contribution >= 4 is 33.8 Å². The van der Waals surface area contributed by atoms with Crippen molar-refractivity contribution in [3.63, 3.8) is 0 Å². The lowest BCUT2D eigenvalue weighted by Crippen LogP contribution is -2.27. The molecule has 0 unspecified atom stereocenters. The third-order valence-corrected chi connectivity index (χ3v) is 6.40. The number of benzene rings is 1. The Bertz CT molecular complexity index is 940. The summed E-state index contributed by atoms with van der Waals surface area (Å²) in [7, 11) is -3.41. The Balaban J connectivity index is 1.76. The molecule has 3 rings (SSSR count). The molecule has 1 aliphatic heterocycles. The summed E-state index contributed by atoms with van der Waals surface area (Å²) in [5.74, 6) is 0.329. The Morgan fingerprint density at radius 1 is 1.22 bits per heavy atom. The van der Waals surface area contributed by atoms with Crippen molar-refractivity contribution in [1.82, 2.24) is 9.46 Å². The molecular formula is C19H23N3O4S. The third-order valence-electron chi connectivity index (χ3n) is 4.48. The van der Waals surface area contributed by atoms with Crippen LogP contribution in [0, 0.1) is 6.92 Å². The smallest absolute Gasteiger partial charge is 0.243 e. The second-order valence-corrected chi connectivity index (χ2v) is 8.36. The van der Waals surface area contributed by atoms with Gasteiger partial charge in [0.2, 0.25) is 15.9 Å². The number of nitrogens with one attached hydrogen (secondary N) is 1. The van der Waals surface area contributed by atoms with E-state index >= 15 is 0 Å². The molecule has 0 aliphatic carbocycles. The highest BCUT2D eigenvalue weighted by Crippen LogP contribution is 2.24. The Kier molecular flexibility index (Phi) is 5.76. The summed E-state index contributed by atoms with van der Waals surface area (Å²) in [5, 5.41) is 6.65. The molecule has 0 atom stereocenters. The maximum atomic E-state index is 12.5. The summed E-state index contributed by atoms with van der Waals surface area (Å²) >= 11 is 0. The number of anilines is 1. The van der Waals surface area contributed by atoms with Gasteiger partial charge >= 0.3 is 0 Å². The van der Waals surface area contributed by atoms with Crippen LogP contribution in [0.1, 0.15) is 43.2 Å². The van der Waals surface area contributed by atoms with Crippen molar-refractivity contribution in [2.45, 2.75) is 38.0 Å². The highest BCUT2D eigenvalue weighted by Gasteiger charge is 2.26. The summed E-state index contributed by atoms with van der Waals surface area (Å²) < 4.78 is 31.9. The van der Waals surface area contributed by atoms with Gasteiger partial charge in [0.05, 0.1) is 4.90 Å². The molecule has 1 saturated heterocycles. The number of carbonyl (C=O) groups excluding carboxylic acids is 1. The molecule has 2 aromatic rings. The molecule has 144 valence electrons. The molecule has 0 radical (unpaired) electrons. The van der Waals surface area contributed by atoms with Gasteiger partial charge < -0.3 is 9.84 Å². The highest BCUT2D eigenvalue weighted by molar-refractivity contribution is 7.89. The van der Waals surface area contributed by atoms with Crippen molar-refractivity contribution < 1.29 is 17.7 Å². The van der Waals surface area contributed by atoms with Crippen molar-refractivity contribution in [2.75, 3.05) is 18.4 Å². The summed E-state index contributed by atoms with van der Waals surface area (Å²) in [6.07, 6.45) is 5.67. The van der Waals surface area contributed by atoms with E-state index in [1.54, 1.807) is 50.3 Å². The fraction of sp³-hybridized carbons (Fsp3) is 0.368. The van der Waals surface area contributed by atoms with Crippen LogP contribution in [-0.2, 0) is 14.8 Å². The number of sulfonamides is 1. The molecule has 0 bridgehead atoms. The lowest BCUT2D eigenvalue weighted by atomic mass is 10.2. The maximum absolute atomic E-state index is 12.5. The van der Waals surface area contributed by atoms with Gasteiger partial charge in [-0.25, -0.2) is 8.42 Å². The first-order chi connectivity index (χ1) is 12.9. The van der Waals surface area contributed by atoms with Crippen molar-refractivity contribution in [3.05, 3.63) is 41.3 Å². The van der Waals surface area contributed by atoms with E-state index in [-0.39, 0.29) is 5.91 Å². The molecule has 0 spiro atoms. The summed E-state index contributed by atoms with van der Waals surface area (Å²) in [6, 6.07) is 6.71. The fourth-order valence-electron chi connectivity index (χ4n) is 2.88. The minimum Gasteiger partial charge on any atom is -0.354 e. The molecule has 8 heteroatoms. The molecule has 1 aliphatic rings. The van der Waals surface area contributed by atoms with Gasteiger partial charge in [-0.15, -0.1) is 0 Å². The van der Waals surface area contributed by atoms with Crippen LogP contribution in [0.5, 0.6) is 0 Å². The molecule has 27 heavy (non-hydrogen) atoms. The number of rotatable bonds is 6. The summed E-state index contributed by atoms with van der Waals surface area (Å²) in [6.45, 7) is 4.69. The molecule has 1 aromatic heterocycles. The average molecular weight is 389 g/mol. The topological polar surface area (TPSA) is 92.5 Å². The Hall–Kier alpha value is -2.45. The predicted molar refractivity (Wildman–Crippen MR) is 104 cm³/mol. The number of hydrogen-bond acceptors (Lipinski definition) is 5. The summed E-state index contributed by atoms with van der Waals surface area (Å²) in [5.41, 5.74) is 1.96. The zero-order valence-electron chi connectivity index (χ0n) is 15.4. The normalized spacial score (nSPS) is 15.5. The van der Waals surface area contributed by atoms with Gasteiger partial charge in [0.1, 0.15) is 11.4 Å². The zero-order chi connectivity index (χ0) is 19.4. The molecular weight excluding hydrogens is 366 g/mol. The number of nitrogens with zero attached hydrogens (tertiary/aromatic N) is 2. The van der Waals surface area contributed by atoms with Crippen LogP contribution >= 0.6 is 0 Å². The van der Waals surface area contributed by atoms with Gasteiger partial charge in [-0.05, 0) is 43.5 Å². The SMILES string of the molecule is CCC(=O)Nc1c(C)noc1/C=C\c1ccc(S(=O)(=O)N2CCCC2)cc1. The van der Waals surface area contributed by atoms with E-state index in [1.807, 2.05) is 0 Å².